The second-order valence-electron chi connectivity index (χ2n) is 4.08. The summed E-state index contributed by atoms with van der Waals surface area (Å²) in [6.07, 6.45) is 1.98. The van der Waals surface area contributed by atoms with E-state index in [0.717, 1.165) is 34.7 Å². The molecule has 0 amide bonds. The minimum absolute atomic E-state index is 0.155. The Labute approximate surface area is 111 Å². The molecule has 96 valence electrons. The van der Waals surface area contributed by atoms with Crippen LogP contribution in [-0.2, 0) is 6.42 Å². The van der Waals surface area contributed by atoms with Crippen molar-refractivity contribution in [2.45, 2.75) is 25.8 Å². The Hall–Kier alpha value is -1.46. The van der Waals surface area contributed by atoms with Crippen LogP contribution in [-0.4, -0.2) is 16.7 Å². The van der Waals surface area contributed by atoms with Crippen LogP contribution >= 0.6 is 11.5 Å². The van der Waals surface area contributed by atoms with Crippen molar-refractivity contribution < 1.29 is 4.74 Å². The molecule has 0 saturated carbocycles. The largest absolute Gasteiger partial charge is 0.497 e. The van der Waals surface area contributed by atoms with Crippen molar-refractivity contribution in [3.63, 3.8) is 0 Å². The summed E-state index contributed by atoms with van der Waals surface area (Å²) in [5, 5.41) is 4.15. The highest BCUT2D eigenvalue weighted by Gasteiger charge is 2.16. The van der Waals surface area contributed by atoms with E-state index in [9.17, 15) is 0 Å². The van der Waals surface area contributed by atoms with Crippen molar-refractivity contribution in [3.8, 4) is 5.75 Å². The molecule has 0 radical (unpaired) electrons. The molecule has 18 heavy (non-hydrogen) atoms. The summed E-state index contributed by atoms with van der Waals surface area (Å²) in [4.78, 5) is 1.06. The zero-order valence-electron chi connectivity index (χ0n) is 10.6. The minimum atomic E-state index is -0.155. The van der Waals surface area contributed by atoms with Crippen molar-refractivity contribution >= 4 is 11.5 Å². The summed E-state index contributed by atoms with van der Waals surface area (Å²) in [5.41, 5.74) is 8.35. The molecule has 1 aromatic carbocycles. The lowest BCUT2D eigenvalue weighted by Crippen LogP contribution is -2.12. The molecule has 4 nitrogen and oxygen atoms in total. The second-order valence-corrected chi connectivity index (χ2v) is 4.87. The summed E-state index contributed by atoms with van der Waals surface area (Å²) in [6, 6.07) is 7.65. The molecule has 5 heteroatoms. The Morgan fingerprint density at radius 1 is 1.33 bits per heavy atom. The summed E-state index contributed by atoms with van der Waals surface area (Å²) in [7, 11) is 1.65. The molecule has 0 spiro atoms. The van der Waals surface area contributed by atoms with Crippen LogP contribution in [0.25, 0.3) is 0 Å². The van der Waals surface area contributed by atoms with E-state index in [1.165, 1.54) is 11.5 Å². The lowest BCUT2D eigenvalue weighted by Gasteiger charge is -2.11. The van der Waals surface area contributed by atoms with Gasteiger partial charge >= 0.3 is 0 Å². The van der Waals surface area contributed by atoms with Gasteiger partial charge in [-0.2, -0.15) is 0 Å². The van der Waals surface area contributed by atoms with Gasteiger partial charge in [-0.1, -0.05) is 30.0 Å². The van der Waals surface area contributed by atoms with Crippen LogP contribution in [0.15, 0.2) is 24.3 Å². The van der Waals surface area contributed by atoms with E-state index in [1.807, 2.05) is 24.3 Å². The van der Waals surface area contributed by atoms with E-state index < -0.39 is 0 Å². The van der Waals surface area contributed by atoms with Crippen molar-refractivity contribution in [2.24, 2.45) is 5.73 Å². The molecule has 0 saturated heterocycles. The van der Waals surface area contributed by atoms with Crippen LogP contribution in [0.1, 0.15) is 35.5 Å². The van der Waals surface area contributed by atoms with E-state index in [1.54, 1.807) is 7.11 Å². The molecule has 1 atom stereocenters. The number of methoxy groups -OCH3 is 1. The number of benzene rings is 1. The van der Waals surface area contributed by atoms with Crippen LogP contribution < -0.4 is 10.5 Å². The van der Waals surface area contributed by atoms with Crippen LogP contribution in [0.3, 0.4) is 0 Å². The third-order valence-corrected chi connectivity index (χ3v) is 3.68. The molecule has 1 aromatic heterocycles. The maximum atomic E-state index is 6.27. The van der Waals surface area contributed by atoms with Gasteiger partial charge < -0.3 is 10.5 Å². The molecular formula is C13H17N3OS. The van der Waals surface area contributed by atoms with Crippen molar-refractivity contribution in [2.75, 3.05) is 7.11 Å². The molecule has 0 bridgehead atoms. The standard InChI is InChI=1S/C13H17N3OS/c1-3-4-11-13(18-16-15-11)12(14)9-5-7-10(17-2)8-6-9/h5-8,12H,3-4,14H2,1-2H3. The highest BCUT2D eigenvalue weighted by molar-refractivity contribution is 7.05. The maximum Gasteiger partial charge on any atom is 0.118 e. The number of hydrogen-bond acceptors (Lipinski definition) is 5. The molecule has 1 heterocycles. The van der Waals surface area contributed by atoms with E-state index in [2.05, 4.69) is 16.5 Å². The molecule has 2 rings (SSSR count). The van der Waals surface area contributed by atoms with Gasteiger partial charge in [0.15, 0.2) is 0 Å². The lowest BCUT2D eigenvalue weighted by atomic mass is 10.0. The Kier molecular flexibility index (Phi) is 4.28. The number of aromatic nitrogens is 2. The Morgan fingerprint density at radius 2 is 2.06 bits per heavy atom. The molecule has 1 unspecified atom stereocenters. The summed E-state index contributed by atoms with van der Waals surface area (Å²) >= 11 is 1.39. The number of ether oxygens (including phenoxy) is 1. The predicted octanol–water partition coefficient (Wildman–Crippen LogP) is 2.55. The molecule has 0 fully saturated rings. The number of rotatable bonds is 5. The Morgan fingerprint density at radius 3 is 2.67 bits per heavy atom. The zero-order chi connectivity index (χ0) is 13.0. The molecule has 0 aliphatic heterocycles. The third kappa shape index (κ3) is 2.68. The maximum absolute atomic E-state index is 6.27. The summed E-state index contributed by atoms with van der Waals surface area (Å²) in [5.74, 6) is 0.835. The fourth-order valence-electron chi connectivity index (χ4n) is 1.82. The quantitative estimate of drug-likeness (QED) is 0.900. The SMILES string of the molecule is CCCc1nnsc1C(N)c1ccc(OC)cc1. The van der Waals surface area contributed by atoms with Gasteiger partial charge in [0.2, 0.25) is 0 Å². The van der Waals surface area contributed by atoms with Gasteiger partial charge in [0.25, 0.3) is 0 Å². The van der Waals surface area contributed by atoms with Crippen LogP contribution in [0.4, 0.5) is 0 Å². The highest BCUT2D eigenvalue weighted by Crippen LogP contribution is 2.26. The van der Waals surface area contributed by atoms with Gasteiger partial charge in [0.05, 0.1) is 23.7 Å². The Balaban J connectivity index is 2.23. The first kappa shape index (κ1) is 13.0. The van der Waals surface area contributed by atoms with E-state index in [-0.39, 0.29) is 6.04 Å². The van der Waals surface area contributed by atoms with Gasteiger partial charge in [-0.15, -0.1) is 5.10 Å². The van der Waals surface area contributed by atoms with E-state index >= 15 is 0 Å². The van der Waals surface area contributed by atoms with Gasteiger partial charge in [-0.3, -0.25) is 0 Å². The fourth-order valence-corrected chi connectivity index (χ4v) is 2.55. The molecular weight excluding hydrogens is 246 g/mol. The van der Waals surface area contributed by atoms with Crippen LogP contribution in [0, 0.1) is 0 Å². The topological polar surface area (TPSA) is 61.0 Å². The average Bonchev–Trinajstić information content (AvgIpc) is 2.87. The summed E-state index contributed by atoms with van der Waals surface area (Å²) in [6.45, 7) is 2.13. The van der Waals surface area contributed by atoms with Gasteiger partial charge in [0.1, 0.15) is 5.75 Å². The van der Waals surface area contributed by atoms with Crippen LogP contribution in [0.5, 0.6) is 5.75 Å². The zero-order valence-corrected chi connectivity index (χ0v) is 11.4. The van der Waals surface area contributed by atoms with Gasteiger partial charge in [-0.05, 0) is 35.6 Å². The normalized spacial score (nSPS) is 12.4. The van der Waals surface area contributed by atoms with Crippen molar-refractivity contribution in [1.82, 2.24) is 9.59 Å². The second kappa shape index (κ2) is 5.93. The molecule has 0 aliphatic rings. The monoisotopic (exact) mass is 263 g/mol. The smallest absolute Gasteiger partial charge is 0.118 e. The molecule has 2 N–H and O–H groups in total. The molecule has 2 aromatic rings. The lowest BCUT2D eigenvalue weighted by molar-refractivity contribution is 0.414. The predicted molar refractivity (Wildman–Crippen MR) is 72.9 cm³/mol. The van der Waals surface area contributed by atoms with Gasteiger partial charge in [-0.25, -0.2) is 0 Å². The number of aryl methyl sites for hydroxylation is 1. The first-order chi connectivity index (χ1) is 8.76. The number of nitrogens with two attached hydrogens (primary N) is 1. The van der Waals surface area contributed by atoms with Crippen LogP contribution in [0.2, 0.25) is 0 Å². The van der Waals surface area contributed by atoms with Gasteiger partial charge in [0, 0.05) is 0 Å². The fraction of sp³-hybridized carbons (Fsp3) is 0.385. The highest BCUT2D eigenvalue weighted by atomic mass is 32.1. The Bertz CT molecular complexity index is 495. The van der Waals surface area contributed by atoms with Crippen molar-refractivity contribution in [3.05, 3.63) is 40.4 Å². The third-order valence-electron chi connectivity index (χ3n) is 2.83. The number of nitrogens with zero attached hydrogens (tertiary/aromatic N) is 2. The van der Waals surface area contributed by atoms with E-state index in [4.69, 9.17) is 10.5 Å². The van der Waals surface area contributed by atoms with E-state index in [0.29, 0.717) is 0 Å². The number of hydrogen-bond donors (Lipinski definition) is 1. The first-order valence-electron chi connectivity index (χ1n) is 5.97. The average molecular weight is 263 g/mol. The van der Waals surface area contributed by atoms with Crippen molar-refractivity contribution in [1.29, 1.82) is 0 Å². The molecule has 0 aliphatic carbocycles. The minimum Gasteiger partial charge on any atom is -0.497 e. The first-order valence-corrected chi connectivity index (χ1v) is 6.74. The summed E-state index contributed by atoms with van der Waals surface area (Å²) < 4.78 is 9.15.